The minimum Gasteiger partial charge on any atom is -0.457 e. The summed E-state index contributed by atoms with van der Waals surface area (Å²) in [6.45, 7) is 0. The van der Waals surface area contributed by atoms with Gasteiger partial charge in [0.15, 0.2) is 5.65 Å². The highest BCUT2D eigenvalue weighted by atomic mass is 32.2. The first-order valence-corrected chi connectivity index (χ1v) is 14.1. The lowest BCUT2D eigenvalue weighted by Gasteiger charge is -2.12. The number of fused-ring (bicyclic) bond motifs is 1. The quantitative estimate of drug-likeness (QED) is 0.247. The van der Waals surface area contributed by atoms with Crippen LogP contribution in [0.3, 0.4) is 0 Å². The summed E-state index contributed by atoms with van der Waals surface area (Å²) in [6, 6.07) is 15.3. The number of sulfonamides is 1. The van der Waals surface area contributed by atoms with E-state index in [0.717, 1.165) is 25.7 Å². The van der Waals surface area contributed by atoms with Gasteiger partial charge in [-0.2, -0.15) is 5.10 Å². The third-order valence-corrected chi connectivity index (χ3v) is 8.20. The Morgan fingerprint density at radius 1 is 0.950 bits per heavy atom. The van der Waals surface area contributed by atoms with Gasteiger partial charge in [-0.3, -0.25) is 4.72 Å². The van der Waals surface area contributed by atoms with Crippen LogP contribution in [0.5, 0.6) is 11.5 Å². The summed E-state index contributed by atoms with van der Waals surface area (Å²) in [6.07, 6.45) is 5.49. The number of rotatable bonds is 7. The van der Waals surface area contributed by atoms with Crippen LogP contribution in [0.15, 0.2) is 78.0 Å². The molecule has 2 heterocycles. The number of aromatic nitrogens is 4. The molecular formula is C28H24F2N6O3S. The maximum atomic E-state index is 15.3. The molecule has 204 valence electrons. The number of anilines is 2. The van der Waals surface area contributed by atoms with Gasteiger partial charge in [0, 0.05) is 11.6 Å². The average Bonchev–Trinajstić information content (AvgIpc) is 3.60. The fraction of sp³-hybridized carbons (Fsp3) is 0.179. The van der Waals surface area contributed by atoms with Gasteiger partial charge in [-0.1, -0.05) is 25.0 Å². The van der Waals surface area contributed by atoms with E-state index in [-0.39, 0.29) is 28.2 Å². The number of halogens is 2. The van der Waals surface area contributed by atoms with Crippen molar-refractivity contribution >= 4 is 32.6 Å². The van der Waals surface area contributed by atoms with Gasteiger partial charge < -0.3 is 10.5 Å². The predicted octanol–water partition coefficient (Wildman–Crippen LogP) is 6.06. The molecule has 6 rings (SSSR count). The molecule has 0 amide bonds. The van der Waals surface area contributed by atoms with Gasteiger partial charge in [0.25, 0.3) is 10.0 Å². The van der Waals surface area contributed by atoms with Crippen LogP contribution in [0, 0.1) is 11.6 Å². The largest absolute Gasteiger partial charge is 0.457 e. The SMILES string of the molecule is Nc1ncnc2c1c(-c1ccc(NS(=O)(=O)c3cccc(Oc4ccc(F)cc4)c3)c(F)c1)nn2C1CCCC1. The number of nitrogen functional groups attached to an aromatic ring is 1. The highest BCUT2D eigenvalue weighted by Gasteiger charge is 2.25. The van der Waals surface area contributed by atoms with Crippen LogP contribution >= 0.6 is 0 Å². The molecule has 2 aromatic heterocycles. The van der Waals surface area contributed by atoms with Crippen LogP contribution in [0.1, 0.15) is 31.7 Å². The third-order valence-electron chi connectivity index (χ3n) is 6.84. The molecule has 12 heteroatoms. The standard InChI is InChI=1S/C28H24F2N6O3S/c29-18-9-11-20(12-10-18)39-21-6-3-7-22(15-21)40(37,38)35-24-13-8-17(14-23(24)30)26-25-27(31)32-16-33-28(25)36(34-26)19-4-1-2-5-19/h3,6-16,19,35H,1-2,4-5H2,(H2,31,32,33). The van der Waals surface area contributed by atoms with Gasteiger partial charge in [0.1, 0.15) is 41.0 Å². The molecule has 0 radical (unpaired) electrons. The van der Waals surface area contributed by atoms with Crippen molar-refractivity contribution in [2.45, 2.75) is 36.6 Å². The molecule has 40 heavy (non-hydrogen) atoms. The van der Waals surface area contributed by atoms with E-state index >= 15 is 4.39 Å². The fourth-order valence-electron chi connectivity index (χ4n) is 4.89. The summed E-state index contributed by atoms with van der Waals surface area (Å²) in [7, 11) is -4.17. The molecule has 0 aliphatic heterocycles. The average molecular weight is 563 g/mol. The molecule has 0 saturated heterocycles. The Hall–Kier alpha value is -4.58. The molecule has 0 atom stereocenters. The Morgan fingerprint density at radius 3 is 2.48 bits per heavy atom. The predicted molar refractivity (Wildman–Crippen MR) is 146 cm³/mol. The second kappa shape index (κ2) is 10.2. The summed E-state index contributed by atoms with van der Waals surface area (Å²) >= 11 is 0. The Balaban J connectivity index is 1.28. The molecular weight excluding hydrogens is 538 g/mol. The molecule has 3 N–H and O–H groups in total. The minimum absolute atomic E-state index is 0.137. The Morgan fingerprint density at radius 2 is 1.73 bits per heavy atom. The highest BCUT2D eigenvalue weighted by molar-refractivity contribution is 7.92. The second-order valence-electron chi connectivity index (χ2n) is 9.52. The van der Waals surface area contributed by atoms with E-state index in [4.69, 9.17) is 15.6 Å². The fourth-order valence-corrected chi connectivity index (χ4v) is 6.00. The van der Waals surface area contributed by atoms with Crippen LogP contribution in [0.4, 0.5) is 20.3 Å². The van der Waals surface area contributed by atoms with Crippen LogP contribution in [0.2, 0.25) is 0 Å². The Labute approximate surface area is 228 Å². The van der Waals surface area contributed by atoms with Crippen molar-refractivity contribution in [2.24, 2.45) is 0 Å². The van der Waals surface area contributed by atoms with E-state index < -0.39 is 21.7 Å². The monoisotopic (exact) mass is 562 g/mol. The number of nitrogens with one attached hydrogen (secondary N) is 1. The third kappa shape index (κ3) is 4.93. The molecule has 0 bridgehead atoms. The van der Waals surface area contributed by atoms with Gasteiger partial charge in [-0.05, 0) is 61.4 Å². The summed E-state index contributed by atoms with van der Waals surface area (Å²) in [5.41, 5.74) is 7.36. The number of nitrogens with two attached hydrogens (primary N) is 1. The molecule has 5 aromatic rings. The van der Waals surface area contributed by atoms with Gasteiger partial charge in [0.2, 0.25) is 0 Å². The number of ether oxygens (including phenoxy) is 1. The lowest BCUT2D eigenvalue weighted by Crippen LogP contribution is -2.14. The van der Waals surface area contributed by atoms with Crippen LogP contribution in [-0.2, 0) is 10.0 Å². The van der Waals surface area contributed by atoms with E-state index in [1.54, 1.807) is 12.1 Å². The number of benzene rings is 3. The van der Waals surface area contributed by atoms with Crippen molar-refractivity contribution in [3.05, 3.63) is 84.7 Å². The molecule has 1 saturated carbocycles. The lowest BCUT2D eigenvalue weighted by molar-refractivity contribution is 0.478. The first-order valence-electron chi connectivity index (χ1n) is 12.6. The van der Waals surface area contributed by atoms with E-state index in [9.17, 15) is 12.8 Å². The minimum atomic E-state index is -4.17. The van der Waals surface area contributed by atoms with Crippen molar-refractivity contribution in [3.63, 3.8) is 0 Å². The summed E-state index contributed by atoms with van der Waals surface area (Å²) in [5, 5.41) is 5.27. The zero-order valence-corrected chi connectivity index (χ0v) is 21.9. The second-order valence-corrected chi connectivity index (χ2v) is 11.2. The van der Waals surface area contributed by atoms with E-state index in [0.29, 0.717) is 28.0 Å². The van der Waals surface area contributed by atoms with Crippen LogP contribution in [-0.4, -0.2) is 28.2 Å². The smallest absolute Gasteiger partial charge is 0.262 e. The molecule has 0 unspecified atom stereocenters. The molecule has 0 spiro atoms. The maximum Gasteiger partial charge on any atom is 0.262 e. The van der Waals surface area contributed by atoms with Gasteiger partial charge in [-0.15, -0.1) is 0 Å². The van der Waals surface area contributed by atoms with Crippen molar-refractivity contribution in [3.8, 4) is 22.8 Å². The molecule has 9 nitrogen and oxygen atoms in total. The summed E-state index contributed by atoms with van der Waals surface area (Å²) in [4.78, 5) is 8.35. The normalized spacial score (nSPS) is 14.1. The number of hydrogen-bond acceptors (Lipinski definition) is 7. The van der Waals surface area contributed by atoms with Crippen molar-refractivity contribution in [2.75, 3.05) is 10.5 Å². The molecule has 1 aliphatic carbocycles. The van der Waals surface area contributed by atoms with E-state index in [2.05, 4.69) is 14.7 Å². The lowest BCUT2D eigenvalue weighted by atomic mass is 10.1. The van der Waals surface area contributed by atoms with Gasteiger partial charge in [0.05, 0.1) is 22.0 Å². The van der Waals surface area contributed by atoms with Gasteiger partial charge in [-0.25, -0.2) is 31.8 Å². The summed E-state index contributed by atoms with van der Waals surface area (Å²) < 4.78 is 64.4. The summed E-state index contributed by atoms with van der Waals surface area (Å²) in [5.74, 6) is -0.432. The van der Waals surface area contributed by atoms with Crippen LogP contribution in [0.25, 0.3) is 22.3 Å². The number of hydrogen-bond donors (Lipinski definition) is 2. The van der Waals surface area contributed by atoms with Crippen molar-refractivity contribution < 1.29 is 21.9 Å². The van der Waals surface area contributed by atoms with Crippen LogP contribution < -0.4 is 15.2 Å². The zero-order chi connectivity index (χ0) is 27.9. The van der Waals surface area contributed by atoms with E-state index in [1.807, 2.05) is 4.68 Å². The zero-order valence-electron chi connectivity index (χ0n) is 21.1. The van der Waals surface area contributed by atoms with Crippen molar-refractivity contribution in [1.82, 2.24) is 19.7 Å². The topological polar surface area (TPSA) is 125 Å². The highest BCUT2D eigenvalue weighted by Crippen LogP contribution is 2.37. The number of nitrogens with zero attached hydrogens (tertiary/aromatic N) is 4. The van der Waals surface area contributed by atoms with Gasteiger partial charge >= 0.3 is 0 Å². The Bertz CT molecular complexity index is 1820. The molecule has 1 aliphatic rings. The first kappa shape index (κ1) is 25.7. The van der Waals surface area contributed by atoms with Crippen molar-refractivity contribution in [1.29, 1.82) is 0 Å². The first-order chi connectivity index (χ1) is 19.3. The molecule has 3 aromatic carbocycles. The maximum absolute atomic E-state index is 15.3. The molecule has 1 fully saturated rings. The Kier molecular flexibility index (Phi) is 6.54. The van der Waals surface area contributed by atoms with E-state index in [1.165, 1.54) is 60.9 Å².